The molecule has 0 saturated carbocycles. The van der Waals surface area contributed by atoms with E-state index in [0.717, 1.165) is 16.5 Å². The molecular formula is C34H43N7O5. The Morgan fingerprint density at radius 3 is 2.41 bits per heavy atom. The van der Waals surface area contributed by atoms with Gasteiger partial charge in [-0.3, -0.25) is 29.1 Å². The normalized spacial score (nSPS) is 22.2. The number of carbonyl (C=O) groups excluding carboxylic acids is 4. The summed E-state index contributed by atoms with van der Waals surface area (Å²) in [6, 6.07) is 16.9. The first-order valence-corrected chi connectivity index (χ1v) is 15.7. The van der Waals surface area contributed by atoms with Crippen molar-refractivity contribution < 1.29 is 24.3 Å². The van der Waals surface area contributed by atoms with Crippen molar-refractivity contribution in [2.45, 2.75) is 56.0 Å². The van der Waals surface area contributed by atoms with Crippen LogP contribution in [-0.4, -0.2) is 119 Å². The van der Waals surface area contributed by atoms with E-state index in [2.05, 4.69) is 20.9 Å². The number of aliphatic hydroxyl groups excluding tert-OH is 1. The van der Waals surface area contributed by atoms with E-state index in [9.17, 15) is 24.3 Å². The number of aryl methyl sites for hydroxylation is 1. The number of hydrogen-bond acceptors (Lipinski definition) is 8. The number of benzene rings is 2. The number of anilines is 1. The summed E-state index contributed by atoms with van der Waals surface area (Å²) in [4.78, 5) is 62.8. The highest BCUT2D eigenvalue weighted by atomic mass is 16.3. The first-order chi connectivity index (χ1) is 22.1. The van der Waals surface area contributed by atoms with Crippen molar-refractivity contribution in [3.8, 4) is 0 Å². The Morgan fingerprint density at radius 1 is 0.957 bits per heavy atom. The van der Waals surface area contributed by atoms with Gasteiger partial charge in [0.1, 0.15) is 12.1 Å². The van der Waals surface area contributed by atoms with Crippen LogP contribution in [0.15, 0.2) is 66.9 Å². The standard InChI is InChI=1S/C34H43N7O5/c1-39(2)21-31(43)36-25-17-29(40(3)19-25)34(46)41-20-26(38-33(45)30(42)14-13-22-9-5-4-6-10-22)16-28(41)32(44)37-24-15-23-11-7-8-12-27(23)35-18-24/h4-12,15,18,25-26,28-30,42H,13-14,16-17,19-21H2,1-3H3,(H,36,43)(H,37,44)(H,38,45)/t25-,26+,28-,29-,30+/m0/s1. The largest absolute Gasteiger partial charge is 0.383 e. The van der Waals surface area contributed by atoms with Gasteiger partial charge in [-0.25, -0.2) is 0 Å². The number of rotatable bonds is 11. The van der Waals surface area contributed by atoms with Gasteiger partial charge in [-0.05, 0) is 64.5 Å². The van der Waals surface area contributed by atoms with Crippen LogP contribution in [0.5, 0.6) is 0 Å². The van der Waals surface area contributed by atoms with Crippen LogP contribution in [0.1, 0.15) is 24.8 Å². The molecular weight excluding hydrogens is 586 g/mol. The number of aromatic nitrogens is 1. The van der Waals surface area contributed by atoms with Gasteiger partial charge in [-0.15, -0.1) is 0 Å². The molecule has 0 unspecified atom stereocenters. The highest BCUT2D eigenvalue weighted by Crippen LogP contribution is 2.26. The van der Waals surface area contributed by atoms with Crippen LogP contribution in [0.3, 0.4) is 0 Å². The fourth-order valence-corrected chi connectivity index (χ4v) is 6.32. The van der Waals surface area contributed by atoms with Gasteiger partial charge in [0.05, 0.1) is 30.0 Å². The number of para-hydroxylation sites is 1. The maximum Gasteiger partial charge on any atom is 0.249 e. The van der Waals surface area contributed by atoms with Crippen molar-refractivity contribution in [1.29, 1.82) is 0 Å². The van der Waals surface area contributed by atoms with Crippen LogP contribution in [0.4, 0.5) is 5.69 Å². The molecule has 2 aliphatic heterocycles. The zero-order chi connectivity index (χ0) is 32.8. The number of likely N-dealkylation sites (tertiary alicyclic amines) is 2. The van der Waals surface area contributed by atoms with Gasteiger partial charge in [0, 0.05) is 30.6 Å². The molecule has 3 heterocycles. The minimum atomic E-state index is -1.23. The lowest BCUT2D eigenvalue weighted by atomic mass is 10.1. The smallest absolute Gasteiger partial charge is 0.249 e. The van der Waals surface area contributed by atoms with Gasteiger partial charge < -0.3 is 30.9 Å². The predicted octanol–water partition coefficient (Wildman–Crippen LogP) is 1.00. The van der Waals surface area contributed by atoms with E-state index in [-0.39, 0.29) is 49.7 Å². The molecule has 0 aliphatic carbocycles. The number of fused-ring (bicyclic) bond motifs is 1. The van der Waals surface area contributed by atoms with Gasteiger partial charge in [0.15, 0.2) is 0 Å². The van der Waals surface area contributed by atoms with Gasteiger partial charge in [0.25, 0.3) is 0 Å². The molecule has 4 N–H and O–H groups in total. The predicted molar refractivity (Wildman–Crippen MR) is 175 cm³/mol. The van der Waals surface area contributed by atoms with Gasteiger partial charge >= 0.3 is 0 Å². The molecule has 2 fully saturated rings. The molecule has 2 aliphatic rings. The second kappa shape index (κ2) is 14.8. The van der Waals surface area contributed by atoms with Crippen LogP contribution in [0.25, 0.3) is 10.9 Å². The Labute approximate surface area is 269 Å². The van der Waals surface area contributed by atoms with Crippen LogP contribution >= 0.6 is 0 Å². The van der Waals surface area contributed by atoms with Gasteiger partial charge in [-0.2, -0.15) is 0 Å². The topological polar surface area (TPSA) is 147 Å². The zero-order valence-corrected chi connectivity index (χ0v) is 26.6. The minimum absolute atomic E-state index is 0.117. The SMILES string of the molecule is CN(C)CC(=O)N[C@H]1C[C@@H](C(=O)N2C[C@H](NC(=O)[C@H](O)CCc3ccccc3)C[C@H]2C(=O)Nc2cnc3ccccc3c2)N(C)C1. The molecule has 46 heavy (non-hydrogen) atoms. The lowest BCUT2D eigenvalue weighted by Crippen LogP contribution is -2.50. The second-order valence-electron chi connectivity index (χ2n) is 12.6. The molecule has 5 atom stereocenters. The summed E-state index contributed by atoms with van der Waals surface area (Å²) in [5, 5.41) is 20.3. The zero-order valence-electron chi connectivity index (χ0n) is 26.6. The Kier molecular flexibility index (Phi) is 10.6. The summed E-state index contributed by atoms with van der Waals surface area (Å²) >= 11 is 0. The average Bonchev–Trinajstić information content (AvgIpc) is 3.62. The van der Waals surface area contributed by atoms with Crippen molar-refractivity contribution in [1.82, 2.24) is 30.3 Å². The van der Waals surface area contributed by atoms with E-state index < -0.39 is 30.1 Å². The summed E-state index contributed by atoms with van der Waals surface area (Å²) in [6.45, 7) is 0.859. The highest BCUT2D eigenvalue weighted by Gasteiger charge is 2.45. The van der Waals surface area contributed by atoms with Crippen molar-refractivity contribution >= 4 is 40.2 Å². The molecule has 4 amide bonds. The number of hydrogen-bond donors (Lipinski definition) is 4. The number of amides is 4. The van der Waals surface area contributed by atoms with Crippen molar-refractivity contribution in [2.75, 3.05) is 46.1 Å². The van der Waals surface area contributed by atoms with E-state index in [4.69, 9.17) is 0 Å². The Morgan fingerprint density at radius 2 is 1.65 bits per heavy atom. The fourth-order valence-electron chi connectivity index (χ4n) is 6.32. The average molecular weight is 630 g/mol. The molecule has 0 radical (unpaired) electrons. The van der Waals surface area contributed by atoms with E-state index in [1.165, 1.54) is 4.90 Å². The van der Waals surface area contributed by atoms with Crippen LogP contribution in [0.2, 0.25) is 0 Å². The summed E-state index contributed by atoms with van der Waals surface area (Å²) in [7, 11) is 5.46. The van der Waals surface area contributed by atoms with Crippen LogP contribution < -0.4 is 16.0 Å². The van der Waals surface area contributed by atoms with Crippen molar-refractivity contribution in [2.24, 2.45) is 0 Å². The Balaban J connectivity index is 1.28. The van der Waals surface area contributed by atoms with Crippen molar-refractivity contribution in [3.63, 3.8) is 0 Å². The third-order valence-electron chi connectivity index (χ3n) is 8.60. The molecule has 12 nitrogen and oxygen atoms in total. The van der Waals surface area contributed by atoms with E-state index in [1.807, 2.05) is 86.7 Å². The minimum Gasteiger partial charge on any atom is -0.383 e. The molecule has 5 rings (SSSR count). The summed E-state index contributed by atoms with van der Waals surface area (Å²) in [5.74, 6) is -1.28. The highest BCUT2D eigenvalue weighted by molar-refractivity contribution is 5.99. The maximum atomic E-state index is 14.0. The van der Waals surface area contributed by atoms with E-state index >= 15 is 0 Å². The lowest BCUT2D eigenvalue weighted by Gasteiger charge is -2.29. The van der Waals surface area contributed by atoms with Gasteiger partial charge in [-0.1, -0.05) is 48.5 Å². The molecule has 2 aromatic carbocycles. The number of likely N-dealkylation sites (N-methyl/N-ethyl adjacent to an activating group) is 2. The van der Waals surface area contributed by atoms with Gasteiger partial charge in [0.2, 0.25) is 23.6 Å². The van der Waals surface area contributed by atoms with Crippen molar-refractivity contribution in [3.05, 3.63) is 72.4 Å². The third kappa shape index (κ3) is 8.25. The first-order valence-electron chi connectivity index (χ1n) is 15.7. The summed E-state index contributed by atoms with van der Waals surface area (Å²) in [6.07, 6.45) is 1.73. The molecule has 12 heteroatoms. The van der Waals surface area contributed by atoms with E-state index in [1.54, 1.807) is 11.1 Å². The number of nitrogens with one attached hydrogen (secondary N) is 3. The van der Waals surface area contributed by atoms with Crippen LogP contribution in [0, 0.1) is 0 Å². The number of aliphatic hydroxyl groups is 1. The second-order valence-corrected chi connectivity index (χ2v) is 12.6. The molecule has 2 saturated heterocycles. The molecule has 1 aromatic heterocycles. The quantitative estimate of drug-likeness (QED) is 0.246. The maximum absolute atomic E-state index is 14.0. The number of nitrogens with zero attached hydrogens (tertiary/aromatic N) is 4. The first kappa shape index (κ1) is 33.0. The number of pyridine rings is 1. The Bertz CT molecular complexity index is 1550. The Hall–Kier alpha value is -4.39. The summed E-state index contributed by atoms with van der Waals surface area (Å²) < 4.78 is 0. The summed E-state index contributed by atoms with van der Waals surface area (Å²) in [5.41, 5.74) is 2.31. The fraction of sp³-hybridized carbons (Fsp3) is 0.441. The third-order valence-corrected chi connectivity index (χ3v) is 8.60. The molecule has 244 valence electrons. The monoisotopic (exact) mass is 629 g/mol. The number of carbonyl (C=O) groups is 4. The molecule has 0 bridgehead atoms. The molecule has 0 spiro atoms. The molecule has 3 aromatic rings. The lowest BCUT2D eigenvalue weighted by molar-refractivity contribution is -0.140. The van der Waals surface area contributed by atoms with Crippen LogP contribution in [-0.2, 0) is 25.6 Å². The van der Waals surface area contributed by atoms with E-state index in [0.29, 0.717) is 25.1 Å².